The lowest BCUT2D eigenvalue weighted by molar-refractivity contribution is 0.710. The number of rotatable bonds is 5. The second kappa shape index (κ2) is 5.83. The fraction of sp³-hybridized carbons (Fsp3) is 0.250. The monoisotopic (exact) mass is 281 g/mol. The smallest absolute Gasteiger partial charge is 0.207 e. The molecule has 5 nitrogen and oxygen atoms in total. The lowest BCUT2D eigenvalue weighted by atomic mass is 10.3. The van der Waals surface area contributed by atoms with Crippen LogP contribution in [0, 0.1) is 6.92 Å². The lowest BCUT2D eigenvalue weighted by Crippen LogP contribution is -2.11. The summed E-state index contributed by atoms with van der Waals surface area (Å²) in [5.41, 5.74) is 3.32. The Morgan fingerprint density at radius 2 is 1.95 bits per heavy atom. The van der Waals surface area contributed by atoms with Gasteiger partial charge in [0.15, 0.2) is 0 Å². The van der Waals surface area contributed by atoms with Gasteiger partial charge in [-0.25, -0.2) is 4.98 Å². The molecule has 1 aromatic carbocycles. The summed E-state index contributed by atoms with van der Waals surface area (Å²) in [6, 6.07) is 12.3. The van der Waals surface area contributed by atoms with E-state index < -0.39 is 0 Å². The van der Waals surface area contributed by atoms with Crippen LogP contribution in [0.4, 0.5) is 5.95 Å². The van der Waals surface area contributed by atoms with E-state index in [1.165, 1.54) is 5.69 Å². The largest absolute Gasteiger partial charge is 0.355 e. The predicted octanol–water partition coefficient (Wildman–Crippen LogP) is 2.57. The van der Waals surface area contributed by atoms with Crippen LogP contribution < -0.4 is 5.32 Å². The summed E-state index contributed by atoms with van der Waals surface area (Å²) in [6.45, 7) is 2.83. The molecule has 2 aromatic heterocycles. The number of nitrogens with one attached hydrogen (secondary N) is 1. The molecule has 0 unspecified atom stereocenters. The van der Waals surface area contributed by atoms with Crippen LogP contribution in [0.25, 0.3) is 5.69 Å². The van der Waals surface area contributed by atoms with E-state index in [0.29, 0.717) is 0 Å². The number of hydrogen-bond donors (Lipinski definition) is 1. The van der Waals surface area contributed by atoms with Gasteiger partial charge >= 0.3 is 0 Å². The normalized spacial score (nSPS) is 10.8. The molecule has 3 aromatic rings. The Labute approximate surface area is 124 Å². The Hall–Kier alpha value is -2.56. The molecule has 0 aliphatic carbocycles. The van der Waals surface area contributed by atoms with Crippen molar-refractivity contribution in [2.45, 2.75) is 13.3 Å². The van der Waals surface area contributed by atoms with E-state index in [-0.39, 0.29) is 0 Å². The van der Waals surface area contributed by atoms with E-state index in [2.05, 4.69) is 32.1 Å². The maximum absolute atomic E-state index is 4.56. The van der Waals surface area contributed by atoms with E-state index in [1.807, 2.05) is 55.3 Å². The van der Waals surface area contributed by atoms with E-state index in [0.717, 1.165) is 30.3 Å². The molecule has 0 radical (unpaired) electrons. The molecule has 0 bridgehead atoms. The molecule has 1 N–H and O–H groups in total. The van der Waals surface area contributed by atoms with E-state index >= 15 is 0 Å². The van der Waals surface area contributed by atoms with Gasteiger partial charge in [-0.05, 0) is 25.1 Å². The Morgan fingerprint density at radius 3 is 2.67 bits per heavy atom. The standard InChI is InChI=1S/C16H19N5/c1-13-12-21(15-6-4-3-5-7-15)16(19-13)17-10-8-14-9-11-18-20(14)2/h3-7,9,11-12H,8,10H2,1-2H3,(H,17,19). The van der Waals surface area contributed by atoms with Crippen molar-refractivity contribution in [3.8, 4) is 5.69 Å². The minimum absolute atomic E-state index is 0.822. The Balaban J connectivity index is 1.73. The molecule has 0 aliphatic heterocycles. The first-order chi connectivity index (χ1) is 10.2. The summed E-state index contributed by atoms with van der Waals surface area (Å²) in [5.74, 6) is 0.876. The topological polar surface area (TPSA) is 47.7 Å². The lowest BCUT2D eigenvalue weighted by Gasteiger charge is -2.09. The average Bonchev–Trinajstić information content (AvgIpc) is 3.06. The van der Waals surface area contributed by atoms with Crippen molar-refractivity contribution in [3.05, 3.63) is 60.2 Å². The number of imidazole rings is 1. The number of aryl methyl sites for hydroxylation is 2. The third kappa shape index (κ3) is 2.97. The number of hydrogen-bond acceptors (Lipinski definition) is 3. The zero-order valence-corrected chi connectivity index (χ0v) is 12.3. The summed E-state index contributed by atoms with van der Waals surface area (Å²) >= 11 is 0. The van der Waals surface area contributed by atoms with Crippen LogP contribution >= 0.6 is 0 Å². The average molecular weight is 281 g/mol. The highest BCUT2D eigenvalue weighted by Crippen LogP contribution is 2.16. The molecule has 0 aliphatic rings. The third-order valence-electron chi connectivity index (χ3n) is 3.45. The van der Waals surface area contributed by atoms with Crippen molar-refractivity contribution in [2.24, 2.45) is 7.05 Å². The molecule has 0 saturated carbocycles. The van der Waals surface area contributed by atoms with Gasteiger partial charge in [0.2, 0.25) is 5.95 Å². The van der Waals surface area contributed by atoms with Gasteiger partial charge in [-0.2, -0.15) is 5.10 Å². The van der Waals surface area contributed by atoms with Crippen molar-refractivity contribution >= 4 is 5.95 Å². The van der Waals surface area contributed by atoms with Crippen LogP contribution in [0.3, 0.4) is 0 Å². The quantitative estimate of drug-likeness (QED) is 0.782. The zero-order chi connectivity index (χ0) is 14.7. The molecule has 3 rings (SSSR count). The number of aromatic nitrogens is 4. The van der Waals surface area contributed by atoms with Crippen molar-refractivity contribution in [1.82, 2.24) is 19.3 Å². The van der Waals surface area contributed by atoms with E-state index in [4.69, 9.17) is 0 Å². The van der Waals surface area contributed by atoms with Gasteiger partial charge in [-0.3, -0.25) is 9.25 Å². The molecule has 5 heteroatoms. The molecular formula is C16H19N5. The highest BCUT2D eigenvalue weighted by Gasteiger charge is 2.07. The molecule has 0 saturated heterocycles. The number of benzene rings is 1. The van der Waals surface area contributed by atoms with Crippen molar-refractivity contribution in [1.29, 1.82) is 0 Å². The van der Waals surface area contributed by atoms with Crippen LogP contribution in [0.5, 0.6) is 0 Å². The summed E-state index contributed by atoms with van der Waals surface area (Å²) < 4.78 is 3.98. The fourth-order valence-electron chi connectivity index (χ4n) is 2.36. The SMILES string of the molecule is Cc1cn(-c2ccccc2)c(NCCc2ccnn2C)n1. The van der Waals surface area contributed by atoms with Gasteiger partial charge in [0.05, 0.1) is 5.69 Å². The fourth-order valence-corrected chi connectivity index (χ4v) is 2.36. The van der Waals surface area contributed by atoms with Gasteiger partial charge in [0, 0.05) is 43.8 Å². The van der Waals surface area contributed by atoms with E-state index in [9.17, 15) is 0 Å². The number of anilines is 1. The van der Waals surface area contributed by atoms with Crippen LogP contribution in [-0.2, 0) is 13.5 Å². The van der Waals surface area contributed by atoms with Crippen molar-refractivity contribution in [3.63, 3.8) is 0 Å². The van der Waals surface area contributed by atoms with Crippen LogP contribution in [0.1, 0.15) is 11.4 Å². The van der Waals surface area contributed by atoms with Gasteiger partial charge in [0.25, 0.3) is 0 Å². The molecule has 0 spiro atoms. The van der Waals surface area contributed by atoms with Crippen molar-refractivity contribution < 1.29 is 0 Å². The molecule has 2 heterocycles. The Bertz CT molecular complexity index is 711. The molecular weight excluding hydrogens is 262 g/mol. The highest BCUT2D eigenvalue weighted by molar-refractivity contribution is 5.42. The molecule has 0 amide bonds. The van der Waals surface area contributed by atoms with Crippen LogP contribution in [-0.4, -0.2) is 25.9 Å². The first kappa shape index (κ1) is 13.4. The summed E-state index contributed by atoms with van der Waals surface area (Å²) in [7, 11) is 1.96. The second-order valence-electron chi connectivity index (χ2n) is 5.03. The van der Waals surface area contributed by atoms with Gasteiger partial charge in [-0.1, -0.05) is 18.2 Å². The predicted molar refractivity (Wildman–Crippen MR) is 83.7 cm³/mol. The van der Waals surface area contributed by atoms with Gasteiger partial charge in [0.1, 0.15) is 0 Å². The zero-order valence-electron chi connectivity index (χ0n) is 12.3. The maximum atomic E-state index is 4.56. The Morgan fingerprint density at radius 1 is 1.14 bits per heavy atom. The molecule has 0 atom stereocenters. The number of para-hydroxylation sites is 1. The van der Waals surface area contributed by atoms with Crippen LogP contribution in [0.2, 0.25) is 0 Å². The first-order valence-electron chi connectivity index (χ1n) is 7.06. The first-order valence-corrected chi connectivity index (χ1v) is 7.06. The third-order valence-corrected chi connectivity index (χ3v) is 3.45. The molecule has 21 heavy (non-hydrogen) atoms. The van der Waals surface area contributed by atoms with Crippen LogP contribution in [0.15, 0.2) is 48.8 Å². The summed E-state index contributed by atoms with van der Waals surface area (Å²) in [6.07, 6.45) is 4.78. The molecule has 0 fully saturated rings. The Kier molecular flexibility index (Phi) is 3.73. The number of nitrogens with zero attached hydrogens (tertiary/aromatic N) is 4. The van der Waals surface area contributed by atoms with Gasteiger partial charge in [-0.15, -0.1) is 0 Å². The minimum atomic E-state index is 0.822. The summed E-state index contributed by atoms with van der Waals surface area (Å²) in [5, 5.41) is 7.59. The van der Waals surface area contributed by atoms with Crippen molar-refractivity contribution in [2.75, 3.05) is 11.9 Å². The summed E-state index contributed by atoms with van der Waals surface area (Å²) in [4.78, 5) is 4.56. The minimum Gasteiger partial charge on any atom is -0.355 e. The van der Waals surface area contributed by atoms with E-state index in [1.54, 1.807) is 0 Å². The highest BCUT2D eigenvalue weighted by atomic mass is 15.3. The molecule has 108 valence electrons. The van der Waals surface area contributed by atoms with Gasteiger partial charge < -0.3 is 5.32 Å². The maximum Gasteiger partial charge on any atom is 0.207 e. The second-order valence-corrected chi connectivity index (χ2v) is 5.03.